The lowest BCUT2D eigenvalue weighted by molar-refractivity contribution is -0.121. The van der Waals surface area contributed by atoms with Crippen LogP contribution in [0.4, 0.5) is 5.69 Å². The predicted molar refractivity (Wildman–Crippen MR) is 76.3 cm³/mol. The minimum absolute atomic E-state index is 0.0315. The van der Waals surface area contributed by atoms with Gasteiger partial charge in [-0.15, -0.1) is 11.3 Å². The molecule has 0 fully saturated rings. The molecule has 1 aliphatic heterocycles. The summed E-state index contributed by atoms with van der Waals surface area (Å²) in [7, 11) is 0. The molecule has 4 nitrogen and oxygen atoms in total. The van der Waals surface area contributed by atoms with Gasteiger partial charge in [-0.1, -0.05) is 18.2 Å². The summed E-state index contributed by atoms with van der Waals surface area (Å²) in [5.74, 6) is 0.0315. The Bertz CT molecular complexity index is 583. The minimum Gasteiger partial charge on any atom is -0.373 e. The molecule has 1 amide bonds. The molecule has 2 N–H and O–H groups in total. The molecule has 2 aromatic rings. The van der Waals surface area contributed by atoms with Gasteiger partial charge in [0.25, 0.3) is 0 Å². The first-order valence-electron chi connectivity index (χ1n) is 6.26. The normalized spacial score (nSPS) is 16.8. The van der Waals surface area contributed by atoms with E-state index in [1.807, 2.05) is 31.3 Å². The first-order valence-corrected chi connectivity index (χ1v) is 7.07. The van der Waals surface area contributed by atoms with Crippen molar-refractivity contribution >= 4 is 22.9 Å². The maximum Gasteiger partial charge on any atom is 0.243 e. The Balaban J connectivity index is 1.58. The van der Waals surface area contributed by atoms with Crippen molar-refractivity contribution in [3.8, 4) is 0 Å². The number of nitrogens with zero attached hydrogens (tertiary/aromatic N) is 1. The Labute approximate surface area is 115 Å². The van der Waals surface area contributed by atoms with Gasteiger partial charge in [0.05, 0.1) is 6.54 Å². The summed E-state index contributed by atoms with van der Waals surface area (Å²) in [6.07, 6.45) is 2.58. The van der Waals surface area contributed by atoms with Crippen molar-refractivity contribution in [1.82, 2.24) is 10.3 Å². The molecule has 0 saturated carbocycles. The number of rotatable bonds is 3. The van der Waals surface area contributed by atoms with Crippen LogP contribution < -0.4 is 10.6 Å². The van der Waals surface area contributed by atoms with Crippen molar-refractivity contribution in [2.75, 3.05) is 5.32 Å². The Morgan fingerprint density at radius 3 is 3.11 bits per heavy atom. The highest BCUT2D eigenvalue weighted by Gasteiger charge is 2.25. The molecule has 0 unspecified atom stereocenters. The number of hydrogen-bond donors (Lipinski definition) is 2. The van der Waals surface area contributed by atoms with Gasteiger partial charge >= 0.3 is 0 Å². The van der Waals surface area contributed by atoms with Gasteiger partial charge in [0.15, 0.2) is 0 Å². The summed E-state index contributed by atoms with van der Waals surface area (Å²) < 4.78 is 0. The lowest BCUT2D eigenvalue weighted by atomic mass is 10.1. The second-order valence-electron chi connectivity index (χ2n) is 4.64. The van der Waals surface area contributed by atoms with Crippen LogP contribution in [0.3, 0.4) is 0 Å². The van der Waals surface area contributed by atoms with Crippen LogP contribution >= 0.6 is 11.3 Å². The smallest absolute Gasteiger partial charge is 0.243 e. The van der Waals surface area contributed by atoms with E-state index in [2.05, 4.69) is 21.7 Å². The molecule has 1 atom stereocenters. The second kappa shape index (κ2) is 5.01. The monoisotopic (exact) mass is 273 g/mol. The number of carbonyl (C=O) groups is 1. The van der Waals surface area contributed by atoms with Crippen molar-refractivity contribution in [3.63, 3.8) is 0 Å². The number of aromatic nitrogens is 1. The Morgan fingerprint density at radius 1 is 1.53 bits per heavy atom. The van der Waals surface area contributed by atoms with Crippen molar-refractivity contribution in [1.29, 1.82) is 0 Å². The minimum atomic E-state index is -0.168. The van der Waals surface area contributed by atoms with Crippen molar-refractivity contribution in [3.05, 3.63) is 45.9 Å². The zero-order valence-electron chi connectivity index (χ0n) is 10.6. The van der Waals surface area contributed by atoms with Gasteiger partial charge in [-0.05, 0) is 18.6 Å². The maximum absolute atomic E-state index is 12.1. The highest BCUT2D eigenvalue weighted by atomic mass is 32.1. The summed E-state index contributed by atoms with van der Waals surface area (Å²) in [6.45, 7) is 2.52. The summed E-state index contributed by atoms with van der Waals surface area (Å²) in [6, 6.07) is 7.87. The third-order valence-corrected chi connectivity index (χ3v) is 4.08. The van der Waals surface area contributed by atoms with Gasteiger partial charge in [0.2, 0.25) is 5.91 Å². The summed E-state index contributed by atoms with van der Waals surface area (Å²) in [5.41, 5.74) is 2.26. The third-order valence-electron chi connectivity index (χ3n) is 3.17. The largest absolute Gasteiger partial charge is 0.373 e. The summed E-state index contributed by atoms with van der Waals surface area (Å²) in [4.78, 5) is 17.5. The highest BCUT2D eigenvalue weighted by Crippen LogP contribution is 2.25. The molecule has 0 spiro atoms. The zero-order valence-corrected chi connectivity index (χ0v) is 11.5. The standard InChI is InChI=1S/C14H15N3OS/c1-9-7-15-13(19-9)8-16-14(18)12-6-10-4-2-3-5-11(10)17-12/h2-5,7,12,17H,6,8H2,1H3,(H,16,18)/t12-/m0/s1. The number of fused-ring (bicyclic) bond motifs is 1. The number of carbonyl (C=O) groups excluding carboxylic acids is 1. The first-order chi connectivity index (χ1) is 9.22. The van der Waals surface area contributed by atoms with E-state index >= 15 is 0 Å². The lowest BCUT2D eigenvalue weighted by Gasteiger charge is -2.10. The quantitative estimate of drug-likeness (QED) is 0.900. The molecule has 2 heterocycles. The maximum atomic E-state index is 12.1. The van der Waals surface area contributed by atoms with Gasteiger partial charge in [0.1, 0.15) is 11.0 Å². The van der Waals surface area contributed by atoms with Crippen LogP contribution in [0, 0.1) is 6.92 Å². The average Bonchev–Trinajstić information content (AvgIpc) is 3.01. The summed E-state index contributed by atoms with van der Waals surface area (Å²) >= 11 is 1.61. The van der Waals surface area contributed by atoms with E-state index in [-0.39, 0.29) is 11.9 Å². The molecule has 3 rings (SSSR count). The van der Waals surface area contributed by atoms with E-state index < -0.39 is 0 Å². The van der Waals surface area contributed by atoms with Crippen LogP contribution in [-0.4, -0.2) is 16.9 Å². The molecular formula is C14H15N3OS. The number of hydrogen-bond acceptors (Lipinski definition) is 4. The van der Waals surface area contributed by atoms with Crippen LogP contribution in [0.2, 0.25) is 0 Å². The van der Waals surface area contributed by atoms with Gasteiger partial charge in [-0.3, -0.25) is 4.79 Å². The third kappa shape index (κ3) is 2.61. The van der Waals surface area contributed by atoms with E-state index in [1.165, 1.54) is 5.56 Å². The fraction of sp³-hybridized carbons (Fsp3) is 0.286. The van der Waals surface area contributed by atoms with E-state index in [0.29, 0.717) is 6.54 Å². The van der Waals surface area contributed by atoms with E-state index in [0.717, 1.165) is 22.0 Å². The van der Waals surface area contributed by atoms with Crippen LogP contribution in [0.25, 0.3) is 0 Å². The number of anilines is 1. The molecule has 0 bridgehead atoms. The molecule has 19 heavy (non-hydrogen) atoms. The zero-order chi connectivity index (χ0) is 13.2. The highest BCUT2D eigenvalue weighted by molar-refractivity contribution is 7.11. The molecule has 5 heteroatoms. The summed E-state index contributed by atoms with van der Waals surface area (Å²) in [5, 5.41) is 7.13. The number of benzene rings is 1. The van der Waals surface area contributed by atoms with Crippen molar-refractivity contribution in [2.24, 2.45) is 0 Å². The molecule has 1 aliphatic rings. The molecule has 0 radical (unpaired) electrons. The molecule has 0 aliphatic carbocycles. The number of amides is 1. The molecule has 1 aromatic carbocycles. The SMILES string of the molecule is Cc1cnc(CNC(=O)[C@@H]2Cc3ccccc3N2)s1. The van der Waals surface area contributed by atoms with E-state index in [4.69, 9.17) is 0 Å². The fourth-order valence-electron chi connectivity index (χ4n) is 2.23. The van der Waals surface area contributed by atoms with E-state index in [9.17, 15) is 4.79 Å². The Kier molecular flexibility index (Phi) is 3.21. The molecule has 0 saturated heterocycles. The topological polar surface area (TPSA) is 54.0 Å². The van der Waals surface area contributed by atoms with Gasteiger partial charge in [0, 0.05) is 23.2 Å². The van der Waals surface area contributed by atoms with Crippen LogP contribution in [0.15, 0.2) is 30.5 Å². The first kappa shape index (κ1) is 12.2. The van der Waals surface area contributed by atoms with Crippen LogP contribution in [0.5, 0.6) is 0 Å². The number of thiazole rings is 1. The lowest BCUT2D eigenvalue weighted by Crippen LogP contribution is -2.37. The number of para-hydroxylation sites is 1. The number of aryl methyl sites for hydroxylation is 1. The van der Waals surface area contributed by atoms with Gasteiger partial charge in [-0.25, -0.2) is 4.98 Å². The van der Waals surface area contributed by atoms with Crippen molar-refractivity contribution in [2.45, 2.75) is 25.9 Å². The van der Waals surface area contributed by atoms with E-state index in [1.54, 1.807) is 11.3 Å². The van der Waals surface area contributed by atoms with Crippen molar-refractivity contribution < 1.29 is 4.79 Å². The Hall–Kier alpha value is -1.88. The van der Waals surface area contributed by atoms with Crippen LogP contribution in [-0.2, 0) is 17.8 Å². The Morgan fingerprint density at radius 2 is 2.37 bits per heavy atom. The van der Waals surface area contributed by atoms with Crippen LogP contribution in [0.1, 0.15) is 15.4 Å². The molecule has 98 valence electrons. The number of nitrogens with one attached hydrogen (secondary N) is 2. The fourth-order valence-corrected chi connectivity index (χ4v) is 2.95. The second-order valence-corrected chi connectivity index (χ2v) is 5.96. The van der Waals surface area contributed by atoms with Gasteiger partial charge in [-0.2, -0.15) is 0 Å². The average molecular weight is 273 g/mol. The van der Waals surface area contributed by atoms with Gasteiger partial charge < -0.3 is 10.6 Å². The molecule has 1 aromatic heterocycles. The molecular weight excluding hydrogens is 258 g/mol. The predicted octanol–water partition coefficient (Wildman–Crippen LogP) is 2.10.